The van der Waals surface area contributed by atoms with E-state index in [1.54, 1.807) is 11.3 Å². The van der Waals surface area contributed by atoms with E-state index in [9.17, 15) is 0 Å². The average Bonchev–Trinajstić information content (AvgIpc) is 3.19. The van der Waals surface area contributed by atoms with Crippen LogP contribution in [0, 0.1) is 0 Å². The number of nitrogens with one attached hydrogen (secondary N) is 1. The Morgan fingerprint density at radius 1 is 1.23 bits per heavy atom. The monoisotopic (exact) mass is 388 g/mol. The van der Waals surface area contributed by atoms with Gasteiger partial charge in [-0.25, -0.2) is 0 Å². The summed E-state index contributed by atoms with van der Waals surface area (Å²) in [5, 5.41) is 6.41. The van der Waals surface area contributed by atoms with Gasteiger partial charge in [0, 0.05) is 10.9 Å². The van der Waals surface area contributed by atoms with Crippen LogP contribution in [0.5, 0.6) is 5.75 Å². The molecule has 1 fully saturated rings. The first kappa shape index (κ1) is 19.2. The number of hydrogen-bond acceptors (Lipinski definition) is 3. The summed E-state index contributed by atoms with van der Waals surface area (Å²) >= 11 is 7.70. The molecule has 1 N–H and O–H groups in total. The minimum absolute atomic E-state index is 0.275. The molecule has 0 radical (unpaired) electrons. The van der Waals surface area contributed by atoms with Crippen molar-refractivity contribution < 1.29 is 4.74 Å². The van der Waals surface area contributed by atoms with E-state index < -0.39 is 0 Å². The highest BCUT2D eigenvalue weighted by atomic mass is 32.1. The van der Waals surface area contributed by atoms with Gasteiger partial charge in [0.05, 0.1) is 18.3 Å². The van der Waals surface area contributed by atoms with Crippen molar-refractivity contribution in [3.63, 3.8) is 0 Å². The first-order chi connectivity index (χ1) is 12.7. The fourth-order valence-electron chi connectivity index (χ4n) is 3.71. The zero-order valence-corrected chi connectivity index (χ0v) is 17.2. The van der Waals surface area contributed by atoms with Crippen LogP contribution in [-0.2, 0) is 0 Å². The van der Waals surface area contributed by atoms with Crippen molar-refractivity contribution in [2.45, 2.75) is 58.0 Å². The molecule has 5 heteroatoms. The molecule has 1 heterocycles. The topological polar surface area (TPSA) is 24.5 Å². The SMILES string of the molecule is CCOc1ccccc1NC(=S)N(C1CCCCC1)C(C)c1cccs1. The van der Waals surface area contributed by atoms with Gasteiger partial charge in [0.15, 0.2) is 5.11 Å². The van der Waals surface area contributed by atoms with Crippen molar-refractivity contribution in [2.24, 2.45) is 0 Å². The van der Waals surface area contributed by atoms with Crippen LogP contribution < -0.4 is 10.1 Å². The summed E-state index contributed by atoms with van der Waals surface area (Å²) in [5.41, 5.74) is 0.943. The maximum Gasteiger partial charge on any atom is 0.174 e. The van der Waals surface area contributed by atoms with Crippen LogP contribution in [0.25, 0.3) is 0 Å². The van der Waals surface area contributed by atoms with Gasteiger partial charge in [0.1, 0.15) is 5.75 Å². The lowest BCUT2D eigenvalue weighted by Gasteiger charge is -2.40. The van der Waals surface area contributed by atoms with Crippen molar-refractivity contribution >= 4 is 34.4 Å². The predicted octanol–water partition coefficient (Wildman–Crippen LogP) is 6.24. The third kappa shape index (κ3) is 4.57. The lowest BCUT2D eigenvalue weighted by atomic mass is 9.93. The second kappa shape index (κ2) is 9.38. The van der Waals surface area contributed by atoms with Crippen LogP contribution in [0.15, 0.2) is 41.8 Å². The molecule has 26 heavy (non-hydrogen) atoms. The number of hydrogen-bond donors (Lipinski definition) is 1. The second-order valence-electron chi connectivity index (χ2n) is 6.75. The smallest absolute Gasteiger partial charge is 0.174 e. The number of thiocarbonyl (C=S) groups is 1. The largest absolute Gasteiger partial charge is 0.492 e. The molecule has 1 aromatic carbocycles. The summed E-state index contributed by atoms with van der Waals surface area (Å²) in [6, 6.07) is 13.1. The number of rotatable bonds is 6. The molecular formula is C21H28N2OS2. The van der Waals surface area contributed by atoms with E-state index in [4.69, 9.17) is 17.0 Å². The van der Waals surface area contributed by atoms with Crippen LogP contribution in [0.3, 0.4) is 0 Å². The first-order valence-corrected chi connectivity index (χ1v) is 10.8. The molecule has 1 unspecified atom stereocenters. The van der Waals surface area contributed by atoms with Crippen molar-refractivity contribution in [2.75, 3.05) is 11.9 Å². The van der Waals surface area contributed by atoms with Gasteiger partial charge in [-0.15, -0.1) is 11.3 Å². The number of benzene rings is 1. The molecule has 3 nitrogen and oxygen atoms in total. The number of para-hydroxylation sites is 2. The Hall–Kier alpha value is -1.59. The van der Waals surface area contributed by atoms with E-state index >= 15 is 0 Å². The van der Waals surface area contributed by atoms with Crippen LogP contribution in [-0.4, -0.2) is 22.7 Å². The van der Waals surface area contributed by atoms with E-state index in [1.165, 1.54) is 37.0 Å². The molecule has 140 valence electrons. The minimum Gasteiger partial charge on any atom is -0.492 e. The number of thiophene rings is 1. The molecule has 0 saturated heterocycles. The van der Waals surface area contributed by atoms with E-state index in [0.29, 0.717) is 12.6 Å². The van der Waals surface area contributed by atoms with Crippen molar-refractivity contribution in [3.05, 3.63) is 46.7 Å². The summed E-state index contributed by atoms with van der Waals surface area (Å²) in [6.45, 7) is 4.91. The zero-order chi connectivity index (χ0) is 18.4. The fraction of sp³-hybridized carbons (Fsp3) is 0.476. The van der Waals surface area contributed by atoms with Crippen LogP contribution in [0.1, 0.15) is 56.9 Å². The summed E-state index contributed by atoms with van der Waals surface area (Å²) in [7, 11) is 0. The fourth-order valence-corrected chi connectivity index (χ4v) is 4.91. The van der Waals surface area contributed by atoms with Crippen molar-refractivity contribution in [1.29, 1.82) is 0 Å². The normalized spacial score (nSPS) is 16.1. The lowest BCUT2D eigenvalue weighted by molar-refractivity contribution is 0.205. The van der Waals surface area contributed by atoms with Gasteiger partial charge < -0.3 is 15.0 Å². The van der Waals surface area contributed by atoms with Gasteiger partial charge in [-0.3, -0.25) is 0 Å². The van der Waals surface area contributed by atoms with Crippen LogP contribution in [0.4, 0.5) is 5.69 Å². The molecule has 1 aliphatic carbocycles. The van der Waals surface area contributed by atoms with E-state index in [-0.39, 0.29) is 6.04 Å². The van der Waals surface area contributed by atoms with Crippen molar-refractivity contribution in [3.8, 4) is 5.75 Å². The van der Waals surface area contributed by atoms with Gasteiger partial charge in [-0.05, 0) is 62.5 Å². The minimum atomic E-state index is 0.275. The molecule has 2 aromatic rings. The standard InChI is InChI=1S/C21H28N2OS2/c1-3-24-19-13-8-7-12-18(19)22-21(25)23(17-10-5-4-6-11-17)16(2)20-14-9-15-26-20/h7-9,12-17H,3-6,10-11H2,1-2H3,(H,22,25). The van der Waals surface area contributed by atoms with E-state index in [1.807, 2.05) is 31.2 Å². The molecule has 3 rings (SSSR count). The highest BCUT2D eigenvalue weighted by molar-refractivity contribution is 7.80. The summed E-state index contributed by atoms with van der Waals surface area (Å²) in [4.78, 5) is 3.78. The summed E-state index contributed by atoms with van der Waals surface area (Å²) in [6.07, 6.45) is 6.34. The molecule has 0 aliphatic heterocycles. The van der Waals surface area contributed by atoms with Gasteiger partial charge in [-0.1, -0.05) is 37.5 Å². The first-order valence-electron chi connectivity index (χ1n) is 9.55. The molecule has 1 aromatic heterocycles. The molecule has 0 amide bonds. The summed E-state index contributed by atoms with van der Waals surface area (Å²) < 4.78 is 5.76. The number of anilines is 1. The Morgan fingerprint density at radius 2 is 2.00 bits per heavy atom. The highest BCUT2D eigenvalue weighted by Crippen LogP contribution is 2.33. The molecular weight excluding hydrogens is 360 g/mol. The quantitative estimate of drug-likeness (QED) is 0.592. The second-order valence-corrected chi connectivity index (χ2v) is 8.12. The number of nitrogens with zero attached hydrogens (tertiary/aromatic N) is 1. The average molecular weight is 389 g/mol. The third-order valence-corrected chi connectivity index (χ3v) is 6.36. The van der Waals surface area contributed by atoms with Crippen LogP contribution >= 0.6 is 23.6 Å². The molecule has 1 atom stereocenters. The lowest BCUT2D eigenvalue weighted by Crippen LogP contribution is -2.45. The third-order valence-electron chi connectivity index (χ3n) is 5.00. The van der Waals surface area contributed by atoms with E-state index in [0.717, 1.165) is 16.5 Å². The van der Waals surface area contributed by atoms with E-state index in [2.05, 4.69) is 34.7 Å². The van der Waals surface area contributed by atoms with Gasteiger partial charge in [-0.2, -0.15) is 0 Å². The summed E-state index contributed by atoms with van der Waals surface area (Å²) in [5.74, 6) is 0.852. The molecule has 0 bridgehead atoms. The van der Waals surface area contributed by atoms with Crippen LogP contribution in [0.2, 0.25) is 0 Å². The molecule has 0 spiro atoms. The van der Waals surface area contributed by atoms with Gasteiger partial charge in [0.2, 0.25) is 0 Å². The highest BCUT2D eigenvalue weighted by Gasteiger charge is 2.29. The Bertz CT molecular complexity index is 696. The Labute approximate surface area is 166 Å². The Morgan fingerprint density at radius 3 is 2.69 bits per heavy atom. The number of ether oxygens (including phenoxy) is 1. The Kier molecular flexibility index (Phi) is 6.92. The maximum absolute atomic E-state index is 5.90. The molecule has 1 saturated carbocycles. The Balaban J connectivity index is 1.82. The van der Waals surface area contributed by atoms with Crippen molar-refractivity contribution in [1.82, 2.24) is 4.90 Å². The van der Waals surface area contributed by atoms with Gasteiger partial charge >= 0.3 is 0 Å². The molecule has 1 aliphatic rings. The predicted molar refractivity (Wildman–Crippen MR) is 115 cm³/mol. The maximum atomic E-state index is 5.90. The van der Waals surface area contributed by atoms with Gasteiger partial charge in [0.25, 0.3) is 0 Å². The zero-order valence-electron chi connectivity index (χ0n) is 15.6.